The third-order valence-corrected chi connectivity index (χ3v) is 1.89. The Balaban J connectivity index is 0.00000196. The van der Waals surface area contributed by atoms with E-state index in [-0.39, 0.29) is 18.5 Å². The molecule has 0 spiro atoms. The molecule has 0 aliphatic carbocycles. The Hall–Kier alpha value is -0.920. The monoisotopic (exact) mass is 232 g/mol. The Morgan fingerprint density at radius 1 is 1.53 bits per heavy atom. The molecule has 1 heterocycles. The van der Waals surface area contributed by atoms with Crippen LogP contribution in [0.4, 0.5) is 4.79 Å². The summed E-state index contributed by atoms with van der Waals surface area (Å²) in [5, 5.41) is 0. The molecule has 5 heteroatoms. The van der Waals surface area contributed by atoms with Crippen molar-refractivity contribution in [1.82, 2.24) is 4.90 Å². The summed E-state index contributed by atoms with van der Waals surface area (Å²) in [7, 11) is 0. The summed E-state index contributed by atoms with van der Waals surface area (Å²) in [6.45, 7) is 6.21. The van der Waals surface area contributed by atoms with Gasteiger partial charge in [-0.3, -0.25) is 0 Å². The van der Waals surface area contributed by atoms with Crippen LogP contribution in [0, 0.1) is 12.3 Å². The zero-order chi connectivity index (χ0) is 11.0. The van der Waals surface area contributed by atoms with Crippen molar-refractivity contribution in [1.29, 1.82) is 0 Å². The van der Waals surface area contributed by atoms with Crippen LogP contribution in [0.15, 0.2) is 0 Å². The predicted molar refractivity (Wildman–Crippen MR) is 60.8 cm³/mol. The van der Waals surface area contributed by atoms with Crippen molar-refractivity contribution >= 4 is 18.5 Å². The molecule has 1 aliphatic heterocycles. The van der Waals surface area contributed by atoms with Crippen LogP contribution in [0.2, 0.25) is 0 Å². The van der Waals surface area contributed by atoms with E-state index in [1.807, 2.05) is 20.8 Å². The van der Waals surface area contributed by atoms with E-state index >= 15 is 0 Å². The van der Waals surface area contributed by atoms with E-state index in [1.54, 1.807) is 0 Å². The van der Waals surface area contributed by atoms with Gasteiger partial charge in [-0.1, -0.05) is 5.92 Å². The average molecular weight is 233 g/mol. The van der Waals surface area contributed by atoms with Gasteiger partial charge in [-0.15, -0.1) is 18.8 Å². The number of terminal acetylenes is 1. The SMILES string of the molecule is C#CC1(N)CN(C(=O)OC(C)(C)C)C1.Cl. The first-order valence-corrected chi connectivity index (χ1v) is 4.50. The van der Waals surface area contributed by atoms with Crippen LogP contribution < -0.4 is 5.73 Å². The van der Waals surface area contributed by atoms with Gasteiger partial charge in [-0.2, -0.15) is 0 Å². The second kappa shape index (κ2) is 4.30. The molecule has 4 nitrogen and oxygen atoms in total. The predicted octanol–water partition coefficient (Wildman–Crippen LogP) is 0.990. The standard InChI is InChI=1S/C10H16N2O2.ClH/c1-5-10(11)6-12(7-10)8(13)14-9(2,3)4;/h1H,6-7,11H2,2-4H3;1H. The molecule has 0 aromatic heterocycles. The van der Waals surface area contributed by atoms with Gasteiger partial charge in [0.15, 0.2) is 0 Å². The lowest BCUT2D eigenvalue weighted by molar-refractivity contribution is 0.00118. The van der Waals surface area contributed by atoms with Crippen LogP contribution in [0.1, 0.15) is 20.8 Å². The van der Waals surface area contributed by atoms with Crippen molar-refractivity contribution in [3.63, 3.8) is 0 Å². The highest BCUT2D eigenvalue weighted by Crippen LogP contribution is 2.20. The molecular formula is C10H17ClN2O2. The number of ether oxygens (including phenoxy) is 1. The maximum atomic E-state index is 11.4. The molecule has 1 rings (SSSR count). The van der Waals surface area contributed by atoms with Gasteiger partial charge in [0.1, 0.15) is 11.1 Å². The van der Waals surface area contributed by atoms with E-state index in [0.717, 1.165) is 0 Å². The number of hydrogen-bond donors (Lipinski definition) is 1. The Bertz CT molecular complexity index is 285. The molecular weight excluding hydrogens is 216 g/mol. The minimum Gasteiger partial charge on any atom is -0.444 e. The number of nitrogens with two attached hydrogens (primary N) is 1. The smallest absolute Gasteiger partial charge is 0.410 e. The van der Waals surface area contributed by atoms with Crippen molar-refractivity contribution in [2.45, 2.75) is 31.9 Å². The fraction of sp³-hybridized carbons (Fsp3) is 0.700. The fourth-order valence-corrected chi connectivity index (χ4v) is 1.18. The number of carbonyl (C=O) groups excluding carboxylic acids is 1. The first-order valence-electron chi connectivity index (χ1n) is 4.50. The van der Waals surface area contributed by atoms with Gasteiger partial charge in [-0.25, -0.2) is 4.79 Å². The number of amides is 1. The molecule has 0 unspecified atom stereocenters. The second-order valence-electron chi connectivity index (χ2n) is 4.64. The number of carbonyl (C=O) groups is 1. The van der Waals surface area contributed by atoms with Gasteiger partial charge < -0.3 is 15.4 Å². The second-order valence-corrected chi connectivity index (χ2v) is 4.64. The topological polar surface area (TPSA) is 55.6 Å². The molecule has 1 amide bonds. The largest absolute Gasteiger partial charge is 0.444 e. The maximum absolute atomic E-state index is 11.4. The highest BCUT2D eigenvalue weighted by molar-refractivity contribution is 5.85. The molecule has 0 aromatic carbocycles. The van der Waals surface area contributed by atoms with Gasteiger partial charge in [0.25, 0.3) is 0 Å². The average Bonchev–Trinajstić information content (AvgIpc) is 1.95. The van der Waals surface area contributed by atoms with Gasteiger partial charge in [0.05, 0.1) is 13.1 Å². The van der Waals surface area contributed by atoms with E-state index in [0.29, 0.717) is 13.1 Å². The number of rotatable bonds is 0. The number of nitrogens with zero attached hydrogens (tertiary/aromatic N) is 1. The quantitative estimate of drug-likeness (QED) is 0.634. The number of halogens is 1. The minimum absolute atomic E-state index is 0. The van der Waals surface area contributed by atoms with Gasteiger partial charge in [-0.05, 0) is 20.8 Å². The first kappa shape index (κ1) is 14.1. The Morgan fingerprint density at radius 2 is 2.00 bits per heavy atom. The van der Waals surface area contributed by atoms with Crippen LogP contribution >= 0.6 is 12.4 Å². The number of hydrogen-bond acceptors (Lipinski definition) is 3. The zero-order valence-electron chi connectivity index (χ0n) is 9.24. The van der Waals surface area contributed by atoms with Crippen molar-refractivity contribution in [2.75, 3.05) is 13.1 Å². The Morgan fingerprint density at radius 3 is 2.33 bits per heavy atom. The highest BCUT2D eigenvalue weighted by Gasteiger charge is 2.42. The summed E-state index contributed by atoms with van der Waals surface area (Å²) in [6.07, 6.45) is 4.85. The van der Waals surface area contributed by atoms with Crippen molar-refractivity contribution in [3.8, 4) is 12.3 Å². The van der Waals surface area contributed by atoms with Crippen LogP contribution in [0.3, 0.4) is 0 Å². The lowest BCUT2D eigenvalue weighted by atomic mass is 9.93. The van der Waals surface area contributed by atoms with Crippen molar-refractivity contribution < 1.29 is 9.53 Å². The zero-order valence-corrected chi connectivity index (χ0v) is 10.1. The van der Waals surface area contributed by atoms with Crippen LogP contribution in [0.25, 0.3) is 0 Å². The maximum Gasteiger partial charge on any atom is 0.410 e. The summed E-state index contributed by atoms with van der Waals surface area (Å²) in [4.78, 5) is 12.9. The summed E-state index contributed by atoms with van der Waals surface area (Å²) in [5.74, 6) is 2.45. The van der Waals surface area contributed by atoms with E-state index < -0.39 is 11.1 Å². The molecule has 1 aliphatic rings. The molecule has 0 aromatic rings. The van der Waals surface area contributed by atoms with Crippen molar-refractivity contribution in [3.05, 3.63) is 0 Å². The van der Waals surface area contributed by atoms with E-state index in [4.69, 9.17) is 16.9 Å². The summed E-state index contributed by atoms with van der Waals surface area (Å²) < 4.78 is 5.14. The molecule has 86 valence electrons. The van der Waals surface area contributed by atoms with E-state index in [1.165, 1.54) is 4.90 Å². The summed E-state index contributed by atoms with van der Waals surface area (Å²) >= 11 is 0. The third-order valence-electron chi connectivity index (χ3n) is 1.89. The summed E-state index contributed by atoms with van der Waals surface area (Å²) in [5.41, 5.74) is 4.58. The molecule has 1 fully saturated rings. The minimum atomic E-state index is -0.656. The van der Waals surface area contributed by atoms with E-state index in [9.17, 15) is 4.79 Å². The molecule has 0 atom stereocenters. The lowest BCUT2D eigenvalue weighted by Crippen LogP contribution is -2.68. The van der Waals surface area contributed by atoms with E-state index in [2.05, 4.69) is 5.92 Å². The first-order chi connectivity index (χ1) is 6.26. The van der Waals surface area contributed by atoms with Crippen molar-refractivity contribution in [2.24, 2.45) is 5.73 Å². The lowest BCUT2D eigenvalue weighted by Gasteiger charge is -2.44. The van der Waals surface area contributed by atoms with Gasteiger partial charge in [0, 0.05) is 0 Å². The summed E-state index contributed by atoms with van der Waals surface area (Å²) in [6, 6.07) is 0. The molecule has 0 radical (unpaired) electrons. The molecule has 15 heavy (non-hydrogen) atoms. The molecule has 0 bridgehead atoms. The van der Waals surface area contributed by atoms with Crippen LogP contribution in [-0.4, -0.2) is 35.2 Å². The Kier molecular flexibility index (Phi) is 4.03. The fourth-order valence-electron chi connectivity index (χ4n) is 1.18. The highest BCUT2D eigenvalue weighted by atomic mass is 35.5. The van der Waals surface area contributed by atoms with Gasteiger partial charge in [0.2, 0.25) is 0 Å². The molecule has 0 saturated carbocycles. The molecule has 1 saturated heterocycles. The van der Waals surface area contributed by atoms with Crippen LogP contribution in [-0.2, 0) is 4.74 Å². The normalized spacial score (nSPS) is 18.2. The van der Waals surface area contributed by atoms with Crippen LogP contribution in [0.5, 0.6) is 0 Å². The number of likely N-dealkylation sites (tertiary alicyclic amines) is 1. The third kappa shape index (κ3) is 3.61. The van der Waals surface area contributed by atoms with Gasteiger partial charge >= 0.3 is 6.09 Å². The molecule has 2 N–H and O–H groups in total. The Labute approximate surface area is 96.5 Å².